The number of pyridine rings is 1. The number of halogens is 1. The third-order valence-corrected chi connectivity index (χ3v) is 2.92. The number of ether oxygens (including phenoxy) is 1. The van der Waals surface area contributed by atoms with Gasteiger partial charge in [0.05, 0.1) is 19.3 Å². The van der Waals surface area contributed by atoms with Gasteiger partial charge in [-0.2, -0.15) is 0 Å². The number of hydrogen-bond donors (Lipinski definition) is 2. The van der Waals surface area contributed by atoms with Crippen LogP contribution in [0.1, 0.15) is 22.7 Å². The number of hydrazine groups is 1. The number of aromatic nitrogens is 1. The molecule has 19 heavy (non-hydrogen) atoms. The van der Waals surface area contributed by atoms with Gasteiger partial charge in [0.1, 0.15) is 11.6 Å². The lowest BCUT2D eigenvalue weighted by molar-refractivity contribution is 0.404. The minimum absolute atomic E-state index is 0.377. The summed E-state index contributed by atoms with van der Waals surface area (Å²) >= 11 is 0. The van der Waals surface area contributed by atoms with Crippen molar-refractivity contribution >= 4 is 0 Å². The Morgan fingerprint density at radius 2 is 2.11 bits per heavy atom. The van der Waals surface area contributed by atoms with Crippen molar-refractivity contribution in [3.8, 4) is 5.75 Å². The van der Waals surface area contributed by atoms with E-state index in [0.717, 1.165) is 17.3 Å². The molecule has 0 saturated carbocycles. The van der Waals surface area contributed by atoms with Crippen LogP contribution in [0.15, 0.2) is 36.7 Å². The molecule has 0 aliphatic carbocycles. The van der Waals surface area contributed by atoms with Crippen molar-refractivity contribution in [3.05, 3.63) is 59.2 Å². The Morgan fingerprint density at radius 1 is 1.32 bits per heavy atom. The second kappa shape index (κ2) is 5.77. The highest BCUT2D eigenvalue weighted by atomic mass is 19.1. The first-order valence-corrected chi connectivity index (χ1v) is 5.87. The van der Waals surface area contributed by atoms with Crippen LogP contribution < -0.4 is 16.0 Å². The van der Waals surface area contributed by atoms with E-state index in [2.05, 4.69) is 10.4 Å². The molecule has 0 aliphatic heterocycles. The van der Waals surface area contributed by atoms with E-state index in [4.69, 9.17) is 10.6 Å². The van der Waals surface area contributed by atoms with E-state index in [9.17, 15) is 4.39 Å². The van der Waals surface area contributed by atoms with E-state index in [1.54, 1.807) is 13.3 Å². The van der Waals surface area contributed by atoms with Crippen LogP contribution >= 0.6 is 0 Å². The zero-order valence-corrected chi connectivity index (χ0v) is 10.9. The second-order valence-electron chi connectivity index (χ2n) is 4.28. The monoisotopic (exact) mass is 261 g/mol. The fourth-order valence-corrected chi connectivity index (χ4v) is 2.03. The molecule has 4 nitrogen and oxygen atoms in total. The van der Waals surface area contributed by atoms with E-state index in [-0.39, 0.29) is 6.04 Å². The Bertz CT molecular complexity index is 574. The van der Waals surface area contributed by atoms with Crippen LogP contribution in [0, 0.1) is 12.7 Å². The van der Waals surface area contributed by atoms with Crippen LogP contribution in [0.2, 0.25) is 0 Å². The number of benzene rings is 1. The molecule has 2 aromatic rings. The lowest BCUT2D eigenvalue weighted by Gasteiger charge is -2.19. The minimum Gasteiger partial charge on any atom is -0.496 e. The molecule has 1 atom stereocenters. The zero-order chi connectivity index (χ0) is 13.8. The summed E-state index contributed by atoms with van der Waals surface area (Å²) in [7, 11) is 1.59. The molecule has 0 radical (unpaired) electrons. The van der Waals surface area contributed by atoms with Gasteiger partial charge in [0, 0.05) is 11.8 Å². The van der Waals surface area contributed by atoms with Gasteiger partial charge in [0.2, 0.25) is 0 Å². The molecule has 2 rings (SSSR count). The van der Waals surface area contributed by atoms with Crippen molar-refractivity contribution < 1.29 is 9.13 Å². The van der Waals surface area contributed by atoms with Crippen LogP contribution in [-0.4, -0.2) is 12.1 Å². The summed E-state index contributed by atoms with van der Waals surface area (Å²) in [5.41, 5.74) is 5.24. The van der Waals surface area contributed by atoms with Gasteiger partial charge < -0.3 is 4.74 Å². The van der Waals surface area contributed by atoms with Crippen LogP contribution in [0.5, 0.6) is 5.75 Å². The summed E-state index contributed by atoms with van der Waals surface area (Å²) in [6.07, 6.45) is 2.74. The number of hydrogen-bond acceptors (Lipinski definition) is 4. The van der Waals surface area contributed by atoms with E-state index in [1.165, 1.54) is 6.07 Å². The quantitative estimate of drug-likeness (QED) is 0.653. The molecule has 0 fully saturated rings. The summed E-state index contributed by atoms with van der Waals surface area (Å²) in [6.45, 7) is 1.97. The minimum atomic E-state index is -0.399. The van der Waals surface area contributed by atoms with Gasteiger partial charge in [-0.15, -0.1) is 0 Å². The SMILES string of the molecule is COc1ccc(C)cc1C(NN)c1cncc(F)c1. The average molecular weight is 261 g/mol. The van der Waals surface area contributed by atoms with Crippen LogP contribution in [0.3, 0.4) is 0 Å². The average Bonchev–Trinajstić information content (AvgIpc) is 2.40. The molecule has 5 heteroatoms. The van der Waals surface area contributed by atoms with Crippen molar-refractivity contribution in [2.24, 2.45) is 5.84 Å². The fourth-order valence-electron chi connectivity index (χ4n) is 2.03. The Kier molecular flexibility index (Phi) is 4.09. The summed E-state index contributed by atoms with van der Waals surface area (Å²) in [4.78, 5) is 3.85. The third kappa shape index (κ3) is 2.89. The summed E-state index contributed by atoms with van der Waals surface area (Å²) in [5, 5.41) is 0. The Balaban J connectivity index is 2.50. The third-order valence-electron chi connectivity index (χ3n) is 2.92. The first-order chi connectivity index (χ1) is 9.15. The number of aryl methyl sites for hydroxylation is 1. The lowest BCUT2D eigenvalue weighted by Crippen LogP contribution is -2.29. The first kappa shape index (κ1) is 13.5. The van der Waals surface area contributed by atoms with Crippen molar-refractivity contribution in [1.82, 2.24) is 10.4 Å². The summed E-state index contributed by atoms with van der Waals surface area (Å²) in [6, 6.07) is 6.78. The lowest BCUT2D eigenvalue weighted by atomic mass is 9.98. The predicted molar refractivity (Wildman–Crippen MR) is 71.1 cm³/mol. The molecule has 1 unspecified atom stereocenters. The number of nitrogens with two attached hydrogens (primary N) is 1. The largest absolute Gasteiger partial charge is 0.496 e. The highest BCUT2D eigenvalue weighted by Gasteiger charge is 2.18. The van der Waals surface area contributed by atoms with Gasteiger partial charge in [-0.3, -0.25) is 10.8 Å². The van der Waals surface area contributed by atoms with Gasteiger partial charge in [0.15, 0.2) is 0 Å². The van der Waals surface area contributed by atoms with Crippen molar-refractivity contribution in [2.45, 2.75) is 13.0 Å². The smallest absolute Gasteiger partial charge is 0.141 e. The second-order valence-corrected chi connectivity index (χ2v) is 4.28. The number of nitrogens with zero attached hydrogens (tertiary/aromatic N) is 1. The Labute approximate surface area is 111 Å². The maximum atomic E-state index is 13.3. The molecule has 0 bridgehead atoms. The first-order valence-electron chi connectivity index (χ1n) is 5.87. The number of methoxy groups -OCH3 is 1. The van der Waals surface area contributed by atoms with E-state index >= 15 is 0 Å². The zero-order valence-electron chi connectivity index (χ0n) is 10.9. The molecule has 100 valence electrons. The standard InChI is InChI=1S/C14H16FN3O/c1-9-3-4-13(19-2)12(5-9)14(18-16)10-6-11(15)8-17-7-10/h3-8,14,18H,16H2,1-2H3. The van der Waals surface area contributed by atoms with Crippen molar-refractivity contribution in [1.29, 1.82) is 0 Å². The Morgan fingerprint density at radius 3 is 2.74 bits per heavy atom. The summed E-state index contributed by atoms with van der Waals surface area (Å²) < 4.78 is 18.6. The molecule has 1 heterocycles. The Hall–Kier alpha value is -1.98. The highest BCUT2D eigenvalue weighted by Crippen LogP contribution is 2.30. The van der Waals surface area contributed by atoms with Gasteiger partial charge in [-0.25, -0.2) is 9.82 Å². The molecular formula is C14H16FN3O. The van der Waals surface area contributed by atoms with E-state index in [1.807, 2.05) is 25.1 Å². The normalized spacial score (nSPS) is 12.2. The highest BCUT2D eigenvalue weighted by molar-refractivity contribution is 5.43. The predicted octanol–water partition coefficient (Wildman–Crippen LogP) is 2.09. The molecule has 0 spiro atoms. The van der Waals surface area contributed by atoms with Crippen molar-refractivity contribution in [2.75, 3.05) is 7.11 Å². The maximum Gasteiger partial charge on any atom is 0.141 e. The van der Waals surface area contributed by atoms with Crippen LogP contribution in [-0.2, 0) is 0 Å². The fraction of sp³-hybridized carbons (Fsp3) is 0.214. The van der Waals surface area contributed by atoms with E-state index < -0.39 is 5.82 Å². The molecule has 1 aromatic carbocycles. The molecule has 3 N–H and O–H groups in total. The van der Waals surface area contributed by atoms with Gasteiger partial charge in [-0.05, 0) is 24.6 Å². The van der Waals surface area contributed by atoms with Gasteiger partial charge in [0.25, 0.3) is 0 Å². The van der Waals surface area contributed by atoms with Crippen LogP contribution in [0.4, 0.5) is 4.39 Å². The molecule has 1 aromatic heterocycles. The summed E-state index contributed by atoms with van der Waals surface area (Å²) in [5.74, 6) is 5.90. The van der Waals surface area contributed by atoms with Gasteiger partial charge >= 0.3 is 0 Å². The topological polar surface area (TPSA) is 60.2 Å². The maximum absolute atomic E-state index is 13.3. The number of nitrogens with one attached hydrogen (secondary N) is 1. The van der Waals surface area contributed by atoms with Crippen molar-refractivity contribution in [3.63, 3.8) is 0 Å². The molecule has 0 saturated heterocycles. The van der Waals surface area contributed by atoms with Crippen LogP contribution in [0.25, 0.3) is 0 Å². The molecular weight excluding hydrogens is 245 g/mol. The molecule has 0 aliphatic rings. The number of rotatable bonds is 4. The molecule has 0 amide bonds. The van der Waals surface area contributed by atoms with Gasteiger partial charge in [-0.1, -0.05) is 17.7 Å². The van der Waals surface area contributed by atoms with E-state index in [0.29, 0.717) is 11.3 Å².